The standard InChI is InChI=1S/C21H25N5O2/c1-21(2,3)28-20(27)26(4)12-14-10-16-17(24-14)11-23-19(25-16)15-6-5-9-22-18(15)13-7-8-13/h5-6,9-11,13,24H,7-8,12H2,1-4H3. The van der Waals surface area contributed by atoms with Crippen molar-refractivity contribution >= 4 is 17.1 Å². The largest absolute Gasteiger partial charge is 0.444 e. The summed E-state index contributed by atoms with van der Waals surface area (Å²) in [6, 6.07) is 5.91. The summed E-state index contributed by atoms with van der Waals surface area (Å²) < 4.78 is 5.40. The first-order valence-corrected chi connectivity index (χ1v) is 9.54. The van der Waals surface area contributed by atoms with E-state index in [-0.39, 0.29) is 6.09 Å². The van der Waals surface area contributed by atoms with E-state index >= 15 is 0 Å². The van der Waals surface area contributed by atoms with E-state index in [1.807, 2.05) is 45.2 Å². The van der Waals surface area contributed by atoms with Crippen molar-refractivity contribution < 1.29 is 9.53 Å². The molecular formula is C21H25N5O2. The van der Waals surface area contributed by atoms with E-state index in [0.29, 0.717) is 18.3 Å². The third kappa shape index (κ3) is 3.98. The molecule has 0 spiro atoms. The highest BCUT2D eigenvalue weighted by Crippen LogP contribution is 2.42. The van der Waals surface area contributed by atoms with Gasteiger partial charge in [0, 0.05) is 30.4 Å². The lowest BCUT2D eigenvalue weighted by Gasteiger charge is -2.24. The zero-order valence-electron chi connectivity index (χ0n) is 16.7. The zero-order valence-corrected chi connectivity index (χ0v) is 16.7. The number of carbonyl (C=O) groups is 1. The lowest BCUT2D eigenvalue weighted by molar-refractivity contribution is 0.0283. The molecule has 0 unspecified atom stereocenters. The normalized spacial score (nSPS) is 14.3. The molecule has 3 aromatic heterocycles. The van der Waals surface area contributed by atoms with Gasteiger partial charge in [0.15, 0.2) is 5.82 Å². The Kier molecular flexibility index (Phi) is 4.53. The zero-order chi connectivity index (χ0) is 19.9. The fourth-order valence-electron chi connectivity index (χ4n) is 3.14. The molecule has 0 aliphatic heterocycles. The average Bonchev–Trinajstić information content (AvgIpc) is 3.40. The highest BCUT2D eigenvalue weighted by molar-refractivity contribution is 5.78. The molecule has 0 bridgehead atoms. The van der Waals surface area contributed by atoms with Crippen molar-refractivity contribution in [1.29, 1.82) is 0 Å². The number of carbonyl (C=O) groups excluding carboxylic acids is 1. The van der Waals surface area contributed by atoms with E-state index in [4.69, 9.17) is 9.72 Å². The molecule has 1 aliphatic rings. The van der Waals surface area contributed by atoms with Crippen LogP contribution in [0.25, 0.3) is 22.4 Å². The molecule has 0 atom stereocenters. The van der Waals surface area contributed by atoms with Crippen LogP contribution in [0.3, 0.4) is 0 Å². The summed E-state index contributed by atoms with van der Waals surface area (Å²) in [4.78, 5) is 30.8. The van der Waals surface area contributed by atoms with Crippen molar-refractivity contribution in [2.24, 2.45) is 0 Å². The number of aromatic nitrogens is 4. The second kappa shape index (κ2) is 6.89. The molecule has 1 amide bonds. The summed E-state index contributed by atoms with van der Waals surface area (Å²) in [5.41, 5.74) is 4.11. The molecule has 1 fully saturated rings. The Morgan fingerprint density at radius 3 is 2.82 bits per heavy atom. The van der Waals surface area contributed by atoms with Gasteiger partial charge in [0.25, 0.3) is 0 Å². The van der Waals surface area contributed by atoms with Crippen LogP contribution in [0, 0.1) is 0 Å². The molecule has 4 rings (SSSR count). The first-order chi connectivity index (χ1) is 13.3. The van der Waals surface area contributed by atoms with Gasteiger partial charge in [-0.15, -0.1) is 0 Å². The SMILES string of the molecule is CN(Cc1cc2nc(-c3cccnc3C3CC3)ncc2[nH]1)C(=O)OC(C)(C)C. The van der Waals surface area contributed by atoms with Crippen molar-refractivity contribution in [3.63, 3.8) is 0 Å². The number of H-pyrrole nitrogens is 1. The molecule has 146 valence electrons. The molecule has 7 heteroatoms. The first kappa shape index (κ1) is 18.4. The number of nitrogens with one attached hydrogen (secondary N) is 1. The number of amides is 1. The number of hydrogen-bond acceptors (Lipinski definition) is 5. The number of rotatable bonds is 4. The topological polar surface area (TPSA) is 84.0 Å². The average molecular weight is 379 g/mol. The van der Waals surface area contributed by atoms with Crippen LogP contribution in [0.2, 0.25) is 0 Å². The van der Waals surface area contributed by atoms with Gasteiger partial charge >= 0.3 is 6.09 Å². The van der Waals surface area contributed by atoms with Crippen LogP contribution in [0.1, 0.15) is 50.9 Å². The van der Waals surface area contributed by atoms with Gasteiger partial charge in [-0.05, 0) is 51.8 Å². The number of aromatic amines is 1. The van der Waals surface area contributed by atoms with E-state index in [2.05, 4.69) is 15.0 Å². The molecule has 1 N–H and O–H groups in total. The number of nitrogens with zero attached hydrogens (tertiary/aromatic N) is 4. The van der Waals surface area contributed by atoms with E-state index in [0.717, 1.165) is 28.0 Å². The molecule has 3 heterocycles. The fourth-order valence-corrected chi connectivity index (χ4v) is 3.14. The maximum atomic E-state index is 12.2. The minimum absolute atomic E-state index is 0.359. The summed E-state index contributed by atoms with van der Waals surface area (Å²) >= 11 is 0. The Labute approximate surface area is 164 Å². The number of pyridine rings is 1. The molecule has 0 aromatic carbocycles. The molecule has 0 saturated heterocycles. The molecule has 3 aromatic rings. The monoisotopic (exact) mass is 379 g/mol. The van der Waals surface area contributed by atoms with Crippen LogP contribution in [0.5, 0.6) is 0 Å². The van der Waals surface area contributed by atoms with Crippen molar-refractivity contribution in [2.45, 2.75) is 51.7 Å². The van der Waals surface area contributed by atoms with Gasteiger partial charge in [-0.25, -0.2) is 14.8 Å². The molecule has 1 saturated carbocycles. The maximum Gasteiger partial charge on any atom is 0.410 e. The molecular weight excluding hydrogens is 354 g/mol. The van der Waals surface area contributed by atoms with Gasteiger partial charge in [0.1, 0.15) is 5.60 Å². The van der Waals surface area contributed by atoms with Gasteiger partial charge in [0.2, 0.25) is 0 Å². The van der Waals surface area contributed by atoms with Crippen molar-refractivity contribution in [1.82, 2.24) is 24.8 Å². The van der Waals surface area contributed by atoms with E-state index in [9.17, 15) is 4.79 Å². The highest BCUT2D eigenvalue weighted by atomic mass is 16.6. The van der Waals surface area contributed by atoms with E-state index in [1.54, 1.807) is 13.2 Å². The second-order valence-electron chi connectivity index (χ2n) is 8.33. The van der Waals surface area contributed by atoms with Crippen LogP contribution < -0.4 is 0 Å². The van der Waals surface area contributed by atoms with Gasteiger partial charge in [-0.2, -0.15) is 0 Å². The van der Waals surface area contributed by atoms with Gasteiger partial charge in [-0.1, -0.05) is 0 Å². The Balaban J connectivity index is 1.57. The molecule has 0 radical (unpaired) electrons. The first-order valence-electron chi connectivity index (χ1n) is 9.54. The van der Waals surface area contributed by atoms with Crippen LogP contribution in [0.4, 0.5) is 4.79 Å². The lowest BCUT2D eigenvalue weighted by atomic mass is 10.1. The predicted octanol–water partition coefficient (Wildman–Crippen LogP) is 4.26. The van der Waals surface area contributed by atoms with Gasteiger partial charge in [-0.3, -0.25) is 4.98 Å². The van der Waals surface area contributed by atoms with E-state index in [1.165, 1.54) is 17.7 Å². The van der Waals surface area contributed by atoms with Crippen molar-refractivity contribution in [2.75, 3.05) is 7.05 Å². The summed E-state index contributed by atoms with van der Waals surface area (Å²) in [7, 11) is 1.72. The molecule has 1 aliphatic carbocycles. The number of ether oxygens (including phenoxy) is 1. The number of fused-ring (bicyclic) bond motifs is 1. The molecule has 7 nitrogen and oxygen atoms in total. The van der Waals surface area contributed by atoms with Gasteiger partial charge < -0.3 is 14.6 Å². The predicted molar refractivity (Wildman–Crippen MR) is 107 cm³/mol. The van der Waals surface area contributed by atoms with Crippen LogP contribution in [-0.4, -0.2) is 43.6 Å². The third-order valence-electron chi connectivity index (χ3n) is 4.58. The Bertz CT molecular complexity index is 1020. The van der Waals surface area contributed by atoms with Crippen molar-refractivity contribution in [3.8, 4) is 11.4 Å². The second-order valence-corrected chi connectivity index (χ2v) is 8.33. The summed E-state index contributed by atoms with van der Waals surface area (Å²) in [6.07, 6.45) is 5.62. The Hall–Kier alpha value is -2.96. The molecule has 28 heavy (non-hydrogen) atoms. The minimum Gasteiger partial charge on any atom is -0.444 e. The fraction of sp³-hybridized carbons (Fsp3) is 0.429. The maximum absolute atomic E-state index is 12.2. The summed E-state index contributed by atoms with van der Waals surface area (Å²) in [6.45, 7) is 5.97. The van der Waals surface area contributed by atoms with Crippen LogP contribution >= 0.6 is 0 Å². The number of hydrogen-bond donors (Lipinski definition) is 1. The summed E-state index contributed by atoms with van der Waals surface area (Å²) in [5, 5.41) is 0. The Morgan fingerprint density at radius 2 is 2.11 bits per heavy atom. The van der Waals surface area contributed by atoms with Gasteiger partial charge in [0.05, 0.1) is 29.5 Å². The van der Waals surface area contributed by atoms with E-state index < -0.39 is 5.60 Å². The lowest BCUT2D eigenvalue weighted by Crippen LogP contribution is -2.33. The smallest absolute Gasteiger partial charge is 0.410 e. The van der Waals surface area contributed by atoms with Crippen molar-refractivity contribution in [3.05, 3.63) is 42.0 Å². The third-order valence-corrected chi connectivity index (χ3v) is 4.58. The highest BCUT2D eigenvalue weighted by Gasteiger charge is 2.28. The van der Waals surface area contributed by atoms with Crippen LogP contribution in [0.15, 0.2) is 30.6 Å². The van der Waals surface area contributed by atoms with Crippen LogP contribution in [-0.2, 0) is 11.3 Å². The Morgan fingerprint density at radius 1 is 1.32 bits per heavy atom. The minimum atomic E-state index is -0.519. The quantitative estimate of drug-likeness (QED) is 0.732. The summed E-state index contributed by atoms with van der Waals surface area (Å²) in [5.74, 6) is 1.22.